The summed E-state index contributed by atoms with van der Waals surface area (Å²) in [4.78, 5) is 31.8. The molecule has 0 saturated heterocycles. The Hall–Kier alpha value is -3.96. The van der Waals surface area contributed by atoms with Crippen LogP contribution in [0.2, 0.25) is 0 Å². The maximum Gasteiger partial charge on any atom is 0.341 e. The Balaban J connectivity index is 1.31. The van der Waals surface area contributed by atoms with Gasteiger partial charge < -0.3 is 19.5 Å². The number of thiophene rings is 1. The van der Waals surface area contributed by atoms with Gasteiger partial charge in [-0.25, -0.2) is 9.78 Å². The van der Waals surface area contributed by atoms with E-state index in [1.54, 1.807) is 21.1 Å². The molecule has 11 heteroatoms. The van der Waals surface area contributed by atoms with Crippen molar-refractivity contribution in [2.24, 2.45) is 0 Å². The molecule has 2 aromatic heterocycles. The molecule has 0 spiro atoms. The van der Waals surface area contributed by atoms with Crippen molar-refractivity contribution in [1.82, 2.24) is 15.2 Å². The van der Waals surface area contributed by atoms with Crippen LogP contribution in [0.5, 0.6) is 11.5 Å². The minimum Gasteiger partial charge on any atom is -0.497 e. The lowest BCUT2D eigenvalue weighted by Crippen LogP contribution is -2.15. The van der Waals surface area contributed by atoms with Gasteiger partial charge in [-0.3, -0.25) is 4.79 Å². The molecule has 0 bridgehead atoms. The second kappa shape index (κ2) is 14.5. The minimum absolute atomic E-state index is 0.173. The molecule has 1 aliphatic rings. The summed E-state index contributed by atoms with van der Waals surface area (Å²) < 4.78 is 16.0. The number of nitrogens with zero attached hydrogens (tertiary/aromatic N) is 3. The van der Waals surface area contributed by atoms with Crippen LogP contribution in [0.1, 0.15) is 53.4 Å². The van der Waals surface area contributed by atoms with Gasteiger partial charge in [-0.15, -0.1) is 21.5 Å². The molecule has 4 aromatic rings. The quantitative estimate of drug-likeness (QED) is 0.110. The molecular formula is C32H34N4O5S2. The van der Waals surface area contributed by atoms with Crippen LogP contribution in [0.15, 0.2) is 53.7 Å². The molecule has 224 valence electrons. The Morgan fingerprint density at radius 3 is 2.19 bits per heavy atom. The summed E-state index contributed by atoms with van der Waals surface area (Å²) >= 11 is 2.86. The summed E-state index contributed by atoms with van der Waals surface area (Å²) in [5.41, 5.74) is 4.59. The predicted octanol–water partition coefficient (Wildman–Crippen LogP) is 6.85. The summed E-state index contributed by atoms with van der Waals surface area (Å²) in [6, 6.07) is 15.2. The highest BCUT2D eigenvalue weighted by Crippen LogP contribution is 2.38. The maximum atomic E-state index is 13.0. The maximum absolute atomic E-state index is 13.0. The molecule has 2 aromatic carbocycles. The van der Waals surface area contributed by atoms with Crippen LogP contribution in [0.3, 0.4) is 0 Å². The number of rotatable bonds is 11. The van der Waals surface area contributed by atoms with E-state index in [9.17, 15) is 9.59 Å². The molecule has 0 atom stereocenters. The number of hydrogen-bond acceptors (Lipinski definition) is 10. The minimum atomic E-state index is -0.367. The Labute approximate surface area is 259 Å². The summed E-state index contributed by atoms with van der Waals surface area (Å²) in [5.74, 6) is 1.39. The third-order valence-corrected chi connectivity index (χ3v) is 9.15. The van der Waals surface area contributed by atoms with Crippen molar-refractivity contribution < 1.29 is 23.8 Å². The van der Waals surface area contributed by atoms with E-state index in [0.717, 1.165) is 60.3 Å². The first-order valence-corrected chi connectivity index (χ1v) is 16.1. The van der Waals surface area contributed by atoms with E-state index in [-0.39, 0.29) is 24.9 Å². The lowest BCUT2D eigenvalue weighted by molar-refractivity contribution is -0.115. The zero-order chi connectivity index (χ0) is 30.2. The fraction of sp³-hybridized carbons (Fsp3) is 0.344. The van der Waals surface area contributed by atoms with Crippen LogP contribution in [0.4, 0.5) is 5.00 Å². The van der Waals surface area contributed by atoms with Crippen LogP contribution >= 0.6 is 23.1 Å². The number of aromatic nitrogens is 3. The topological polar surface area (TPSA) is 113 Å². The molecule has 0 unspecified atom stereocenters. The first kappa shape index (κ1) is 30.5. The average molecular weight is 619 g/mol. The smallest absolute Gasteiger partial charge is 0.341 e. The monoisotopic (exact) mass is 618 g/mol. The van der Waals surface area contributed by atoms with Gasteiger partial charge in [0.15, 0.2) is 0 Å². The molecule has 1 N–H and O–H groups in total. The Kier molecular flexibility index (Phi) is 10.3. The van der Waals surface area contributed by atoms with Crippen LogP contribution in [-0.2, 0) is 22.4 Å². The molecule has 1 aliphatic carbocycles. The first-order valence-electron chi connectivity index (χ1n) is 14.3. The molecule has 0 aliphatic heterocycles. The fourth-order valence-electron chi connectivity index (χ4n) is 4.94. The van der Waals surface area contributed by atoms with E-state index in [1.165, 1.54) is 28.0 Å². The Morgan fingerprint density at radius 2 is 1.53 bits per heavy atom. The first-order chi connectivity index (χ1) is 21.0. The highest BCUT2D eigenvalue weighted by atomic mass is 32.2. The highest BCUT2D eigenvalue weighted by Gasteiger charge is 2.26. The van der Waals surface area contributed by atoms with Gasteiger partial charge in [0.1, 0.15) is 27.9 Å². The molecule has 43 heavy (non-hydrogen) atoms. The van der Waals surface area contributed by atoms with Gasteiger partial charge in [-0.05, 0) is 86.7 Å². The number of carbonyl (C=O) groups excluding carboxylic acids is 2. The van der Waals surface area contributed by atoms with Crippen molar-refractivity contribution in [1.29, 1.82) is 0 Å². The van der Waals surface area contributed by atoms with E-state index < -0.39 is 0 Å². The molecule has 0 saturated carbocycles. The fourth-order valence-corrected chi connectivity index (χ4v) is 6.96. The van der Waals surface area contributed by atoms with Gasteiger partial charge in [-0.1, -0.05) is 18.2 Å². The molecule has 5 rings (SSSR count). The van der Waals surface area contributed by atoms with Crippen LogP contribution < -0.4 is 14.8 Å². The van der Waals surface area contributed by atoms with Crippen LogP contribution in [0, 0.1) is 0 Å². The van der Waals surface area contributed by atoms with Gasteiger partial charge >= 0.3 is 5.97 Å². The zero-order valence-electron chi connectivity index (χ0n) is 24.5. The molecule has 0 fully saturated rings. The number of aryl methyl sites for hydroxylation is 1. The van der Waals surface area contributed by atoms with Crippen LogP contribution in [-0.4, -0.2) is 53.6 Å². The predicted molar refractivity (Wildman–Crippen MR) is 169 cm³/mol. The average Bonchev–Trinajstić information content (AvgIpc) is 3.20. The number of esters is 1. The van der Waals surface area contributed by atoms with Crippen molar-refractivity contribution >= 4 is 40.0 Å². The van der Waals surface area contributed by atoms with Crippen molar-refractivity contribution in [2.45, 2.75) is 50.6 Å². The van der Waals surface area contributed by atoms with Gasteiger partial charge in [0.25, 0.3) is 0 Å². The summed E-state index contributed by atoms with van der Waals surface area (Å²) in [6.07, 6.45) is 5.23. The third-order valence-electron chi connectivity index (χ3n) is 7.11. The number of ether oxygens (including phenoxy) is 3. The highest BCUT2D eigenvalue weighted by molar-refractivity contribution is 7.99. The Morgan fingerprint density at radius 1 is 0.884 bits per heavy atom. The van der Waals surface area contributed by atoms with E-state index in [1.807, 2.05) is 48.5 Å². The molecular weight excluding hydrogens is 585 g/mol. The summed E-state index contributed by atoms with van der Waals surface area (Å²) in [7, 11) is 3.25. The second-order valence-corrected chi connectivity index (χ2v) is 12.1. The number of anilines is 1. The molecule has 2 heterocycles. The Bertz CT molecular complexity index is 1570. The van der Waals surface area contributed by atoms with Crippen LogP contribution in [0.25, 0.3) is 22.5 Å². The molecule has 9 nitrogen and oxygen atoms in total. The molecule has 0 radical (unpaired) electrons. The summed E-state index contributed by atoms with van der Waals surface area (Å²) in [5, 5.41) is 12.9. The van der Waals surface area contributed by atoms with E-state index in [0.29, 0.717) is 32.9 Å². The van der Waals surface area contributed by atoms with E-state index >= 15 is 0 Å². The molecule has 1 amide bonds. The number of methoxy groups -OCH3 is 2. The number of hydrogen-bond donors (Lipinski definition) is 1. The number of amides is 1. The lowest BCUT2D eigenvalue weighted by atomic mass is 10.0. The summed E-state index contributed by atoms with van der Waals surface area (Å²) in [6.45, 7) is 2.08. The zero-order valence-corrected chi connectivity index (χ0v) is 26.1. The van der Waals surface area contributed by atoms with Gasteiger partial charge in [-0.2, -0.15) is 0 Å². The number of carbonyl (C=O) groups is 2. The van der Waals surface area contributed by atoms with Gasteiger partial charge in [0, 0.05) is 28.2 Å². The van der Waals surface area contributed by atoms with Gasteiger partial charge in [0.05, 0.1) is 26.4 Å². The van der Waals surface area contributed by atoms with Gasteiger partial charge in [0.2, 0.25) is 11.1 Å². The third kappa shape index (κ3) is 7.34. The van der Waals surface area contributed by atoms with Crippen molar-refractivity contribution in [3.63, 3.8) is 0 Å². The number of fused-ring (bicyclic) bond motifs is 1. The normalized spacial score (nSPS) is 12.6. The van der Waals surface area contributed by atoms with E-state index in [2.05, 4.69) is 15.5 Å². The standard InChI is InChI=1S/C32H34N4O5S2/c1-4-41-31(38)27-24-8-6-5-7-9-25(24)43-30(27)33-26(37)18-19-42-32-34-28(20-10-14-22(39-2)15-11-20)29(35-36-32)21-12-16-23(40-3)17-13-21/h10-17H,4-9,18-19H2,1-3H3,(H,33,37). The van der Waals surface area contributed by atoms with Crippen molar-refractivity contribution in [3.8, 4) is 34.0 Å². The number of thioether (sulfide) groups is 1. The SMILES string of the molecule is CCOC(=O)c1c(NC(=O)CCSc2nnc(-c3ccc(OC)cc3)c(-c3ccc(OC)cc3)n2)sc2c1CCCCC2. The second-order valence-electron chi connectivity index (χ2n) is 9.88. The van der Waals surface area contributed by atoms with Crippen molar-refractivity contribution in [2.75, 3.05) is 31.9 Å². The number of nitrogens with one attached hydrogen (secondary N) is 1. The lowest BCUT2D eigenvalue weighted by Gasteiger charge is -2.11. The van der Waals surface area contributed by atoms with Crippen molar-refractivity contribution in [3.05, 3.63) is 64.5 Å². The van der Waals surface area contributed by atoms with E-state index in [4.69, 9.17) is 19.2 Å². The number of benzene rings is 2. The largest absolute Gasteiger partial charge is 0.497 e.